The molecule has 0 heterocycles. The van der Waals surface area contributed by atoms with Crippen LogP contribution in [-0.2, 0) is 4.84 Å². The van der Waals surface area contributed by atoms with Crippen molar-refractivity contribution in [3.8, 4) is 0 Å². The van der Waals surface area contributed by atoms with Crippen LogP contribution in [0.5, 0.6) is 0 Å². The Kier molecular flexibility index (Phi) is 8.78. The maximum absolute atomic E-state index is 12.8. The molecule has 0 aromatic heterocycles. The summed E-state index contributed by atoms with van der Waals surface area (Å²) >= 11 is 1.62. The van der Waals surface area contributed by atoms with Gasteiger partial charge < -0.3 is 4.84 Å². The fraction of sp³-hybridized carbons (Fsp3) is 0.318. The van der Waals surface area contributed by atoms with E-state index in [1.807, 2.05) is 24.5 Å². The molecule has 2 aromatic carbocycles. The molecular formula is C22H25NO3S. The molecule has 0 aliphatic rings. The minimum Gasteiger partial charge on any atom is -0.312 e. The van der Waals surface area contributed by atoms with Crippen LogP contribution in [-0.4, -0.2) is 23.7 Å². The number of oxime groups is 1. The van der Waals surface area contributed by atoms with Gasteiger partial charge in [0.1, 0.15) is 5.71 Å². The summed E-state index contributed by atoms with van der Waals surface area (Å²) in [5.74, 6) is -0.757. The Morgan fingerprint density at radius 2 is 1.63 bits per heavy atom. The van der Waals surface area contributed by atoms with Gasteiger partial charge in [-0.3, -0.25) is 4.79 Å². The number of ketones is 1. The summed E-state index contributed by atoms with van der Waals surface area (Å²) in [5, 5.41) is 3.93. The van der Waals surface area contributed by atoms with Gasteiger partial charge in [0.05, 0.1) is 5.56 Å². The van der Waals surface area contributed by atoms with Crippen LogP contribution < -0.4 is 0 Å². The lowest BCUT2D eigenvalue weighted by Gasteiger charge is -2.07. The molecule has 0 bridgehead atoms. The third-order valence-electron chi connectivity index (χ3n) is 4.13. The van der Waals surface area contributed by atoms with Crippen molar-refractivity contribution in [3.05, 3.63) is 65.7 Å². The van der Waals surface area contributed by atoms with Crippen molar-refractivity contribution in [3.63, 3.8) is 0 Å². The van der Waals surface area contributed by atoms with Crippen LogP contribution in [0.15, 0.2) is 64.6 Å². The number of rotatable bonds is 10. The molecule has 2 rings (SSSR count). The van der Waals surface area contributed by atoms with Crippen molar-refractivity contribution in [2.24, 2.45) is 5.16 Å². The Balaban J connectivity index is 2.13. The van der Waals surface area contributed by atoms with E-state index >= 15 is 0 Å². The zero-order valence-electron chi connectivity index (χ0n) is 15.8. The van der Waals surface area contributed by atoms with E-state index in [2.05, 4.69) is 12.1 Å². The number of benzene rings is 2. The quantitative estimate of drug-likeness (QED) is 0.130. The standard InChI is InChI=1S/C22H25NO3S/c1-3-4-5-9-12-20(21(24)17-13-15-19(27-2)16-14-17)23-26-22(25)18-10-7-6-8-11-18/h6-8,10-11,13-16H,3-5,9,12H2,1-2H3. The first kappa shape index (κ1) is 20.9. The first-order chi connectivity index (χ1) is 13.2. The van der Waals surface area contributed by atoms with Gasteiger partial charge in [-0.15, -0.1) is 11.8 Å². The van der Waals surface area contributed by atoms with E-state index in [-0.39, 0.29) is 11.5 Å². The first-order valence-corrected chi connectivity index (χ1v) is 10.4. The molecule has 4 nitrogen and oxygen atoms in total. The minimum absolute atomic E-state index is 0.194. The van der Waals surface area contributed by atoms with Crippen molar-refractivity contribution < 1.29 is 14.4 Å². The molecule has 0 aliphatic heterocycles. The molecule has 0 aliphatic carbocycles. The van der Waals surface area contributed by atoms with Crippen molar-refractivity contribution in [1.82, 2.24) is 0 Å². The SMILES string of the molecule is CCCCCCC(=NOC(=O)c1ccccc1)C(=O)c1ccc(SC)cc1. The average Bonchev–Trinajstić information content (AvgIpc) is 2.73. The smallest absolute Gasteiger partial charge is 0.312 e. The lowest BCUT2D eigenvalue weighted by molar-refractivity contribution is 0.0514. The highest BCUT2D eigenvalue weighted by Gasteiger charge is 2.16. The topological polar surface area (TPSA) is 55.7 Å². The Morgan fingerprint density at radius 3 is 2.26 bits per heavy atom. The average molecular weight is 384 g/mol. The molecule has 142 valence electrons. The highest BCUT2D eigenvalue weighted by molar-refractivity contribution is 7.98. The van der Waals surface area contributed by atoms with Gasteiger partial charge in [-0.1, -0.05) is 49.5 Å². The second-order valence-electron chi connectivity index (χ2n) is 6.15. The normalized spacial score (nSPS) is 11.3. The summed E-state index contributed by atoms with van der Waals surface area (Å²) in [4.78, 5) is 31.1. The Bertz CT molecular complexity index is 770. The van der Waals surface area contributed by atoms with Crippen molar-refractivity contribution in [2.75, 3.05) is 6.26 Å². The number of hydrogen-bond acceptors (Lipinski definition) is 5. The Labute approximate surface area is 165 Å². The summed E-state index contributed by atoms with van der Waals surface area (Å²) in [5.41, 5.74) is 1.24. The predicted octanol–water partition coefficient (Wildman–Crippen LogP) is 5.77. The molecule has 0 N–H and O–H groups in total. The summed E-state index contributed by atoms with van der Waals surface area (Å²) in [6, 6.07) is 16.0. The summed E-state index contributed by atoms with van der Waals surface area (Å²) in [7, 11) is 0. The zero-order chi connectivity index (χ0) is 19.5. The molecule has 0 saturated heterocycles. The van der Waals surface area contributed by atoms with E-state index in [1.54, 1.807) is 48.2 Å². The number of carbonyl (C=O) groups excluding carboxylic acids is 2. The third-order valence-corrected chi connectivity index (χ3v) is 4.87. The summed E-state index contributed by atoms with van der Waals surface area (Å²) < 4.78 is 0. The van der Waals surface area contributed by atoms with Crippen molar-refractivity contribution >= 4 is 29.2 Å². The van der Waals surface area contributed by atoms with Crippen molar-refractivity contribution in [2.45, 2.75) is 43.9 Å². The number of carbonyl (C=O) groups is 2. The van der Waals surface area contributed by atoms with Gasteiger partial charge in [0.2, 0.25) is 5.78 Å². The Hall–Kier alpha value is -2.40. The minimum atomic E-state index is -0.563. The van der Waals surface area contributed by atoms with Crippen LogP contribution in [0.25, 0.3) is 0 Å². The number of Topliss-reactive ketones (excluding diaryl/α,β-unsaturated/α-hetero) is 1. The van der Waals surface area contributed by atoms with Gasteiger partial charge in [-0.25, -0.2) is 4.79 Å². The third kappa shape index (κ3) is 6.68. The largest absolute Gasteiger partial charge is 0.365 e. The van der Waals surface area contributed by atoms with Crippen LogP contribution in [0.2, 0.25) is 0 Å². The lowest BCUT2D eigenvalue weighted by Crippen LogP contribution is -2.16. The maximum Gasteiger partial charge on any atom is 0.365 e. The molecule has 2 aromatic rings. The van der Waals surface area contributed by atoms with Gasteiger partial charge in [-0.2, -0.15) is 0 Å². The fourth-order valence-electron chi connectivity index (χ4n) is 2.55. The fourth-order valence-corrected chi connectivity index (χ4v) is 2.96. The van der Waals surface area contributed by atoms with Crippen LogP contribution in [0.3, 0.4) is 0 Å². The molecule has 0 saturated carbocycles. The van der Waals surface area contributed by atoms with Crippen LogP contribution in [0, 0.1) is 0 Å². The molecule has 0 unspecified atom stereocenters. The second kappa shape index (κ2) is 11.3. The van der Waals surface area contributed by atoms with Gasteiger partial charge in [0, 0.05) is 10.5 Å². The van der Waals surface area contributed by atoms with Crippen LogP contribution in [0.1, 0.15) is 59.7 Å². The van der Waals surface area contributed by atoms with E-state index in [0.717, 1.165) is 30.6 Å². The van der Waals surface area contributed by atoms with E-state index in [9.17, 15) is 9.59 Å². The summed E-state index contributed by atoms with van der Waals surface area (Å²) in [6.07, 6.45) is 6.55. The van der Waals surface area contributed by atoms with E-state index in [1.165, 1.54) is 0 Å². The molecular weight excluding hydrogens is 358 g/mol. The van der Waals surface area contributed by atoms with Crippen LogP contribution >= 0.6 is 11.8 Å². The Morgan fingerprint density at radius 1 is 0.926 bits per heavy atom. The number of nitrogens with zero attached hydrogens (tertiary/aromatic N) is 1. The van der Waals surface area contributed by atoms with Gasteiger partial charge in [-0.05, 0) is 55.5 Å². The van der Waals surface area contributed by atoms with Gasteiger partial charge in [0.25, 0.3) is 0 Å². The predicted molar refractivity (Wildman–Crippen MR) is 111 cm³/mol. The van der Waals surface area contributed by atoms with E-state index < -0.39 is 5.97 Å². The molecule has 0 atom stereocenters. The maximum atomic E-state index is 12.8. The highest BCUT2D eigenvalue weighted by atomic mass is 32.2. The lowest BCUT2D eigenvalue weighted by atomic mass is 10.0. The monoisotopic (exact) mass is 383 g/mol. The molecule has 0 spiro atoms. The van der Waals surface area contributed by atoms with Crippen molar-refractivity contribution in [1.29, 1.82) is 0 Å². The summed E-state index contributed by atoms with van der Waals surface area (Å²) in [6.45, 7) is 2.13. The number of unbranched alkanes of at least 4 members (excludes halogenated alkanes) is 3. The molecule has 0 amide bonds. The molecule has 5 heteroatoms. The highest BCUT2D eigenvalue weighted by Crippen LogP contribution is 2.16. The first-order valence-electron chi connectivity index (χ1n) is 9.17. The number of thioether (sulfide) groups is 1. The van der Waals surface area contributed by atoms with Crippen LogP contribution in [0.4, 0.5) is 0 Å². The van der Waals surface area contributed by atoms with E-state index in [0.29, 0.717) is 17.5 Å². The molecule has 0 radical (unpaired) electrons. The number of hydrogen-bond donors (Lipinski definition) is 0. The van der Waals surface area contributed by atoms with Gasteiger partial charge in [0.15, 0.2) is 0 Å². The second-order valence-corrected chi connectivity index (χ2v) is 7.03. The molecule has 27 heavy (non-hydrogen) atoms. The van der Waals surface area contributed by atoms with E-state index in [4.69, 9.17) is 4.84 Å². The molecule has 0 fully saturated rings. The zero-order valence-corrected chi connectivity index (χ0v) is 16.6. The van der Waals surface area contributed by atoms with Gasteiger partial charge >= 0.3 is 5.97 Å².